The molecule has 0 saturated heterocycles. The number of allylic oxidation sites excluding steroid dienone is 8. The van der Waals surface area contributed by atoms with Gasteiger partial charge in [0, 0.05) is 10.8 Å². The quantitative estimate of drug-likeness (QED) is 0.231. The second kappa shape index (κ2) is 14.5. The minimum atomic E-state index is 0. The standard InChI is InChI=1S/C25H25.C10H15.C8H8.2ClH.Zr/c1-14-12-24(3,4)22-8-16-7-17-9-23-19(15(2)13-25(23,5)6)11-21(17)20(16)10-18(14)22;1-7(2)10-6-8(3)5-9(10)4;1-7-3-5-8(2)6-4-7;;;/h7-13H,1-6H3;6-8H,1-4H3;1,3-6H,2H3;2*1H;/q2*-1;;;;+2/p-2. The van der Waals surface area contributed by atoms with E-state index in [1.165, 1.54) is 101 Å². The summed E-state index contributed by atoms with van der Waals surface area (Å²) in [4.78, 5) is 0. The Kier molecular flexibility index (Phi) is 12.1. The summed E-state index contributed by atoms with van der Waals surface area (Å²) in [5.74, 6) is 1.20. The first-order valence-corrected chi connectivity index (χ1v) is 17.5. The van der Waals surface area contributed by atoms with Crippen molar-refractivity contribution in [1.82, 2.24) is 0 Å². The van der Waals surface area contributed by atoms with E-state index < -0.39 is 0 Å². The Morgan fingerprint density at radius 1 is 0.761 bits per heavy atom. The fourth-order valence-electron chi connectivity index (χ4n) is 7.37. The molecular weight excluding hydrogens is 679 g/mol. The van der Waals surface area contributed by atoms with Gasteiger partial charge >= 0.3 is 70.3 Å². The summed E-state index contributed by atoms with van der Waals surface area (Å²) in [6, 6.07) is 20.7. The van der Waals surface area contributed by atoms with Crippen LogP contribution in [0.4, 0.5) is 0 Å². The van der Waals surface area contributed by atoms with Gasteiger partial charge in [-0.3, -0.25) is 6.08 Å². The van der Waals surface area contributed by atoms with Crippen molar-refractivity contribution >= 4 is 36.4 Å². The van der Waals surface area contributed by atoms with E-state index in [4.69, 9.17) is 0 Å². The molecule has 4 aromatic rings. The molecule has 4 aromatic carbocycles. The third kappa shape index (κ3) is 7.59. The zero-order chi connectivity index (χ0) is 32.1. The van der Waals surface area contributed by atoms with Gasteiger partial charge in [0.1, 0.15) is 0 Å². The van der Waals surface area contributed by atoms with E-state index >= 15 is 0 Å². The molecule has 46 heavy (non-hydrogen) atoms. The van der Waals surface area contributed by atoms with Gasteiger partial charge in [-0.2, -0.15) is 11.6 Å². The molecule has 0 heterocycles. The van der Waals surface area contributed by atoms with Crippen LogP contribution in [0.15, 0.2) is 84.0 Å². The van der Waals surface area contributed by atoms with Gasteiger partial charge < -0.3 is 24.8 Å². The smallest absolute Gasteiger partial charge is 1.00 e. The first-order chi connectivity index (χ1) is 20.6. The molecule has 0 spiro atoms. The average Bonchev–Trinajstić information content (AvgIpc) is 3.62. The molecule has 7 rings (SSSR count). The third-order valence-electron chi connectivity index (χ3n) is 9.55. The Hall–Kier alpha value is -2.18. The van der Waals surface area contributed by atoms with Crippen molar-refractivity contribution in [3.8, 4) is 0 Å². The normalized spacial score (nSPS) is 18.1. The zero-order valence-electron chi connectivity index (χ0n) is 29.4. The Labute approximate surface area is 305 Å². The number of hydrogen-bond donors (Lipinski definition) is 0. The number of hydrogen-bond acceptors (Lipinski definition) is 0. The average molecular weight is 727 g/mol. The van der Waals surface area contributed by atoms with E-state index in [1.807, 2.05) is 0 Å². The molecule has 240 valence electrons. The minimum absolute atomic E-state index is 0. The van der Waals surface area contributed by atoms with Gasteiger partial charge in [-0.05, 0) is 36.1 Å². The molecule has 0 nitrogen and oxygen atoms in total. The summed E-state index contributed by atoms with van der Waals surface area (Å²) in [5, 5.41) is 5.57. The topological polar surface area (TPSA) is 0 Å². The Morgan fingerprint density at radius 3 is 1.57 bits per heavy atom. The molecule has 1 unspecified atom stereocenters. The third-order valence-corrected chi connectivity index (χ3v) is 10.4. The molecule has 0 amide bonds. The van der Waals surface area contributed by atoms with E-state index in [-0.39, 0.29) is 35.6 Å². The summed E-state index contributed by atoms with van der Waals surface area (Å²) < 4.78 is 2.19. The van der Waals surface area contributed by atoms with Crippen LogP contribution in [0.2, 0.25) is 0 Å². The molecule has 0 N–H and O–H groups in total. The molecule has 3 aliphatic carbocycles. The van der Waals surface area contributed by atoms with Crippen molar-refractivity contribution in [2.24, 2.45) is 11.8 Å². The van der Waals surface area contributed by atoms with Gasteiger partial charge in [0.2, 0.25) is 0 Å². The van der Waals surface area contributed by atoms with E-state index in [1.54, 1.807) is 0 Å². The Balaban J connectivity index is 0.000000228. The van der Waals surface area contributed by atoms with Gasteiger partial charge in [-0.25, -0.2) is 5.57 Å². The van der Waals surface area contributed by atoms with Crippen LogP contribution in [0.5, 0.6) is 0 Å². The predicted octanol–water partition coefficient (Wildman–Crippen LogP) is 5.77. The van der Waals surface area contributed by atoms with E-state index in [0.717, 1.165) is 0 Å². The first-order valence-electron chi connectivity index (χ1n) is 16.1. The Bertz CT molecular complexity index is 1790. The van der Waals surface area contributed by atoms with Gasteiger partial charge in [0.15, 0.2) is 0 Å². The largest absolute Gasteiger partial charge is 1.00 e. The Morgan fingerprint density at radius 2 is 1.22 bits per heavy atom. The maximum atomic E-state index is 3.37. The van der Waals surface area contributed by atoms with E-state index in [0.29, 0.717) is 11.8 Å². The number of halogens is 2. The summed E-state index contributed by atoms with van der Waals surface area (Å²) in [6.45, 7) is 24.7. The van der Waals surface area contributed by atoms with Crippen LogP contribution >= 0.6 is 0 Å². The second-order valence-corrected chi connectivity index (χ2v) is 15.3. The van der Waals surface area contributed by atoms with Crippen molar-refractivity contribution in [2.75, 3.05) is 0 Å². The number of rotatable bonds is 2. The van der Waals surface area contributed by atoms with Gasteiger partial charge in [0.25, 0.3) is 0 Å². The number of benzene rings is 3. The van der Waals surface area contributed by atoms with E-state index in [9.17, 15) is 0 Å². The molecule has 0 aromatic heterocycles. The van der Waals surface area contributed by atoms with Gasteiger partial charge in [0.05, 0.1) is 0 Å². The van der Waals surface area contributed by atoms with Crippen LogP contribution in [0.25, 0.3) is 32.7 Å². The predicted molar refractivity (Wildman–Crippen MR) is 191 cm³/mol. The number of fused-ring (bicyclic) bond motifs is 5. The molecule has 3 heteroatoms. The molecule has 0 bridgehead atoms. The van der Waals surface area contributed by atoms with Crippen molar-refractivity contribution in [3.63, 3.8) is 0 Å². The molecule has 0 saturated carbocycles. The fourth-order valence-corrected chi connectivity index (χ4v) is 7.84. The molecule has 0 fully saturated rings. The molecule has 1 atom stereocenters. The second-order valence-electron chi connectivity index (χ2n) is 14.6. The van der Waals surface area contributed by atoms with Crippen LogP contribution in [-0.4, -0.2) is 3.71 Å². The number of aryl methyl sites for hydroxylation is 1. The van der Waals surface area contributed by atoms with Crippen molar-refractivity contribution in [1.29, 1.82) is 0 Å². The monoisotopic (exact) mass is 724 g/mol. The van der Waals surface area contributed by atoms with Gasteiger partial charge in [-0.15, -0.1) is 39.7 Å². The van der Waals surface area contributed by atoms with Crippen molar-refractivity contribution in [2.45, 2.75) is 87.0 Å². The van der Waals surface area contributed by atoms with Crippen LogP contribution in [-0.2, 0) is 35.1 Å². The maximum absolute atomic E-state index is 3.37. The summed E-state index contributed by atoms with van der Waals surface area (Å²) >= 11 is 1.47. The molecule has 0 radical (unpaired) electrons. The van der Waals surface area contributed by atoms with Crippen LogP contribution in [0.1, 0.15) is 103 Å². The fraction of sp³-hybridized carbons (Fsp3) is 0.349. The summed E-state index contributed by atoms with van der Waals surface area (Å²) in [6.07, 6.45) is 10.5. The zero-order valence-corrected chi connectivity index (χ0v) is 33.4. The SMILES string of the molecule is CC1=CC(C)(C)c2cc3[cH-]c4cc5c(cc4c3cc21)C(C)=CC5(C)C.CC1=[C-]C(C)C=C1C(C)C.Cc1ccc([CH]=[Zr+2])cc1.[Cl-].[Cl-]. The molecule has 0 aliphatic heterocycles. The van der Waals surface area contributed by atoms with Crippen molar-refractivity contribution < 1.29 is 49.0 Å². The van der Waals surface area contributed by atoms with E-state index in [2.05, 4.69) is 159 Å². The summed E-state index contributed by atoms with van der Waals surface area (Å²) in [5.41, 5.74) is 14.4. The van der Waals surface area contributed by atoms with Crippen LogP contribution < -0.4 is 24.8 Å². The molecular formula is C43H48Cl2Zr-2. The van der Waals surface area contributed by atoms with Crippen LogP contribution in [0, 0.1) is 24.8 Å². The first kappa shape index (κ1) is 38.3. The minimum Gasteiger partial charge on any atom is -1.00 e. The molecule has 3 aliphatic rings. The summed E-state index contributed by atoms with van der Waals surface area (Å²) in [7, 11) is 0. The van der Waals surface area contributed by atoms with Gasteiger partial charge in [-0.1, -0.05) is 103 Å². The van der Waals surface area contributed by atoms with Crippen molar-refractivity contribution in [3.05, 3.63) is 123 Å². The van der Waals surface area contributed by atoms with Crippen LogP contribution in [0.3, 0.4) is 0 Å². The maximum Gasteiger partial charge on any atom is -1.00 e.